The fourth-order valence-electron chi connectivity index (χ4n) is 5.49. The first-order valence-electron chi connectivity index (χ1n) is 14.3. The van der Waals surface area contributed by atoms with Crippen molar-refractivity contribution in [1.82, 2.24) is 20.5 Å². The van der Waals surface area contributed by atoms with E-state index in [0.29, 0.717) is 31.4 Å². The summed E-state index contributed by atoms with van der Waals surface area (Å²) in [4.78, 5) is 57.4. The number of benzene rings is 2. The zero-order chi connectivity index (χ0) is 30.4. The van der Waals surface area contributed by atoms with Crippen LogP contribution in [0.5, 0.6) is 5.75 Å². The van der Waals surface area contributed by atoms with Crippen LogP contribution in [0.2, 0.25) is 0 Å². The number of primary amides is 1. The highest BCUT2D eigenvalue weighted by Gasteiger charge is 2.38. The first-order valence-corrected chi connectivity index (χ1v) is 14.3. The number of fused-ring (bicyclic) bond motifs is 1. The molecule has 3 aromatic rings. The Morgan fingerprint density at radius 1 is 1.02 bits per heavy atom. The van der Waals surface area contributed by atoms with Crippen molar-refractivity contribution in [3.8, 4) is 5.75 Å². The van der Waals surface area contributed by atoms with Crippen LogP contribution in [0.3, 0.4) is 0 Å². The summed E-state index contributed by atoms with van der Waals surface area (Å²) in [6, 6.07) is 10.3. The highest BCUT2D eigenvalue weighted by Crippen LogP contribution is 2.22. The lowest BCUT2D eigenvalue weighted by atomic mass is 10.0. The lowest BCUT2D eigenvalue weighted by molar-refractivity contribution is -0.140. The lowest BCUT2D eigenvalue weighted by Crippen LogP contribution is -2.58. The molecule has 4 rings (SSSR count). The normalized spacial score (nSPS) is 17.1. The van der Waals surface area contributed by atoms with E-state index >= 15 is 0 Å². The van der Waals surface area contributed by atoms with Crippen LogP contribution >= 0.6 is 0 Å². The van der Waals surface area contributed by atoms with Gasteiger partial charge in [0.25, 0.3) is 0 Å². The maximum Gasteiger partial charge on any atom is 0.243 e. The summed E-state index contributed by atoms with van der Waals surface area (Å²) in [6.45, 7) is 4.38. The second kappa shape index (κ2) is 13.5. The molecule has 1 fully saturated rings. The summed E-state index contributed by atoms with van der Waals surface area (Å²) in [5.74, 6) is -1.75. The van der Waals surface area contributed by atoms with Crippen molar-refractivity contribution in [3.05, 3.63) is 65.9 Å². The first-order chi connectivity index (χ1) is 20.0. The molecule has 0 radical (unpaired) electrons. The van der Waals surface area contributed by atoms with E-state index in [1.165, 1.54) is 17.0 Å². The number of nitrogens with two attached hydrogens (primary N) is 2. The second-order valence-corrected chi connectivity index (χ2v) is 11.4. The molecule has 1 saturated heterocycles. The molecule has 4 atom stereocenters. The monoisotopic (exact) mass is 576 g/mol. The minimum absolute atomic E-state index is 0.0736. The van der Waals surface area contributed by atoms with Crippen LogP contribution in [0.1, 0.15) is 44.2 Å². The van der Waals surface area contributed by atoms with Crippen molar-refractivity contribution >= 4 is 34.5 Å². The Hall–Kier alpha value is -4.38. The van der Waals surface area contributed by atoms with Crippen molar-refractivity contribution in [3.63, 3.8) is 0 Å². The molecule has 1 aliphatic rings. The molecule has 11 heteroatoms. The van der Waals surface area contributed by atoms with E-state index < -0.39 is 41.9 Å². The fourth-order valence-corrected chi connectivity index (χ4v) is 5.49. The molecular weight excluding hydrogens is 536 g/mol. The lowest BCUT2D eigenvalue weighted by Gasteiger charge is -2.29. The predicted octanol–water partition coefficient (Wildman–Crippen LogP) is 1.48. The quantitative estimate of drug-likeness (QED) is 0.190. The Morgan fingerprint density at radius 3 is 2.43 bits per heavy atom. The third kappa shape index (κ3) is 7.47. The number of H-pyrrole nitrogens is 1. The van der Waals surface area contributed by atoms with Gasteiger partial charge in [0.15, 0.2) is 0 Å². The van der Waals surface area contributed by atoms with Gasteiger partial charge >= 0.3 is 0 Å². The van der Waals surface area contributed by atoms with Crippen LogP contribution in [0.15, 0.2) is 54.7 Å². The van der Waals surface area contributed by atoms with Gasteiger partial charge in [-0.15, -0.1) is 0 Å². The van der Waals surface area contributed by atoms with E-state index in [2.05, 4.69) is 15.6 Å². The van der Waals surface area contributed by atoms with Gasteiger partial charge in [0.05, 0.1) is 6.04 Å². The van der Waals surface area contributed by atoms with E-state index in [0.717, 1.165) is 16.5 Å². The third-order valence-electron chi connectivity index (χ3n) is 7.65. The number of carbonyl (C=O) groups excluding carboxylic acids is 4. The molecule has 8 N–H and O–H groups in total. The van der Waals surface area contributed by atoms with Gasteiger partial charge in [-0.1, -0.05) is 44.2 Å². The highest BCUT2D eigenvalue weighted by atomic mass is 16.3. The van der Waals surface area contributed by atoms with Gasteiger partial charge in [-0.25, -0.2) is 0 Å². The van der Waals surface area contributed by atoms with Crippen molar-refractivity contribution in [2.45, 2.75) is 70.1 Å². The number of nitrogens with zero attached hydrogens (tertiary/aromatic N) is 1. The molecule has 0 bridgehead atoms. The summed E-state index contributed by atoms with van der Waals surface area (Å²) >= 11 is 0. The number of rotatable bonds is 12. The van der Waals surface area contributed by atoms with E-state index in [1.54, 1.807) is 18.3 Å². The van der Waals surface area contributed by atoms with Gasteiger partial charge in [-0.05, 0) is 54.5 Å². The SMILES string of the molecule is CC(C)CC(N)C(=O)N1CCCC1C(=O)NC(Cc1c[nH]c2ccccc12)C(=O)NC(Cc1ccc(O)cc1)C(N)=O. The number of carbonyl (C=O) groups is 4. The standard InChI is InChI=1S/C31H40N6O5/c1-18(2)14-23(32)31(42)37-13-5-8-27(37)30(41)36-26(16-20-17-34-24-7-4-3-6-22(20)24)29(40)35-25(28(33)39)15-19-9-11-21(38)12-10-19/h3-4,6-7,9-12,17-18,23,25-27,34,38H,5,8,13-16,32H2,1-2H3,(H2,33,39)(H,35,40)(H,36,41). The summed E-state index contributed by atoms with van der Waals surface area (Å²) in [7, 11) is 0. The number of aromatic amines is 1. The Labute approximate surface area is 245 Å². The molecule has 11 nitrogen and oxygen atoms in total. The average Bonchev–Trinajstić information content (AvgIpc) is 3.60. The number of likely N-dealkylation sites (tertiary alicyclic amines) is 1. The number of amides is 4. The van der Waals surface area contributed by atoms with Gasteiger partial charge < -0.3 is 37.1 Å². The smallest absolute Gasteiger partial charge is 0.243 e. The van der Waals surface area contributed by atoms with Crippen LogP contribution in [0, 0.1) is 5.92 Å². The summed E-state index contributed by atoms with van der Waals surface area (Å²) in [6.07, 6.45) is 3.64. The van der Waals surface area contributed by atoms with Gasteiger partial charge in [0, 0.05) is 36.5 Å². The number of aromatic hydroxyl groups is 1. The molecule has 224 valence electrons. The van der Waals surface area contributed by atoms with Crippen LogP contribution in [0.4, 0.5) is 0 Å². The van der Waals surface area contributed by atoms with Gasteiger partial charge in [0.1, 0.15) is 23.9 Å². The maximum atomic E-state index is 13.7. The Kier molecular flexibility index (Phi) is 9.84. The number of hydrogen-bond donors (Lipinski definition) is 6. The zero-order valence-corrected chi connectivity index (χ0v) is 24.0. The molecule has 0 aliphatic carbocycles. The Bertz CT molecular complexity index is 1420. The van der Waals surface area contributed by atoms with E-state index in [4.69, 9.17) is 11.5 Å². The van der Waals surface area contributed by atoms with E-state index in [1.807, 2.05) is 38.1 Å². The van der Waals surface area contributed by atoms with Crippen LogP contribution in [0.25, 0.3) is 10.9 Å². The first kappa shape index (κ1) is 30.6. The highest BCUT2D eigenvalue weighted by molar-refractivity contribution is 5.95. The predicted molar refractivity (Wildman–Crippen MR) is 159 cm³/mol. The molecule has 0 spiro atoms. The van der Waals surface area contributed by atoms with Crippen LogP contribution < -0.4 is 22.1 Å². The van der Waals surface area contributed by atoms with Gasteiger partial charge in [0.2, 0.25) is 23.6 Å². The molecule has 42 heavy (non-hydrogen) atoms. The number of aromatic nitrogens is 1. The third-order valence-corrected chi connectivity index (χ3v) is 7.65. The van der Waals surface area contributed by atoms with Crippen molar-refractivity contribution < 1.29 is 24.3 Å². The summed E-state index contributed by atoms with van der Waals surface area (Å²) < 4.78 is 0. The second-order valence-electron chi connectivity index (χ2n) is 11.4. The minimum Gasteiger partial charge on any atom is -0.508 e. The summed E-state index contributed by atoms with van der Waals surface area (Å²) in [5, 5.41) is 16.0. The van der Waals surface area contributed by atoms with Gasteiger partial charge in [-0.2, -0.15) is 0 Å². The van der Waals surface area contributed by atoms with Crippen molar-refractivity contribution in [2.75, 3.05) is 6.54 Å². The van der Waals surface area contributed by atoms with Gasteiger partial charge in [-0.3, -0.25) is 19.2 Å². The van der Waals surface area contributed by atoms with E-state index in [9.17, 15) is 24.3 Å². The largest absolute Gasteiger partial charge is 0.508 e. The van der Waals surface area contributed by atoms with Crippen LogP contribution in [-0.2, 0) is 32.0 Å². The molecular formula is C31H40N6O5. The molecule has 0 saturated carbocycles. The molecule has 4 unspecified atom stereocenters. The molecule has 4 amide bonds. The number of para-hydroxylation sites is 1. The minimum atomic E-state index is -1.06. The number of hydrogen-bond acceptors (Lipinski definition) is 6. The number of phenols is 1. The number of phenolic OH excluding ortho intramolecular Hbond substituents is 1. The molecule has 2 heterocycles. The topological polar surface area (TPSA) is 184 Å². The Morgan fingerprint density at radius 2 is 1.74 bits per heavy atom. The maximum absolute atomic E-state index is 13.7. The Balaban J connectivity index is 1.55. The zero-order valence-electron chi connectivity index (χ0n) is 24.0. The molecule has 1 aromatic heterocycles. The molecule has 1 aliphatic heterocycles. The average molecular weight is 577 g/mol. The van der Waals surface area contributed by atoms with Crippen LogP contribution in [-0.4, -0.2) is 69.3 Å². The molecule has 2 aromatic carbocycles. The van der Waals surface area contributed by atoms with Crippen molar-refractivity contribution in [2.24, 2.45) is 17.4 Å². The van der Waals surface area contributed by atoms with Crippen molar-refractivity contribution in [1.29, 1.82) is 0 Å². The van der Waals surface area contributed by atoms with E-state index in [-0.39, 0.29) is 30.4 Å². The summed E-state index contributed by atoms with van der Waals surface area (Å²) in [5.41, 5.74) is 14.2. The number of nitrogens with one attached hydrogen (secondary N) is 3. The fraction of sp³-hybridized carbons (Fsp3) is 0.419.